The first-order chi connectivity index (χ1) is 18.2. The molecule has 1 aliphatic carbocycles. The van der Waals surface area contributed by atoms with Crippen LogP contribution >= 0.6 is 0 Å². The topological polar surface area (TPSA) is 197 Å². The highest BCUT2D eigenvalue weighted by Crippen LogP contribution is 2.59. The molecule has 0 amide bonds. The summed E-state index contributed by atoms with van der Waals surface area (Å²) in [7, 11) is 1.39. The highest BCUT2D eigenvalue weighted by molar-refractivity contribution is 5.87. The van der Waals surface area contributed by atoms with Crippen molar-refractivity contribution in [3.05, 3.63) is 42.2 Å². The van der Waals surface area contributed by atoms with Crippen LogP contribution in [0.1, 0.15) is 5.56 Å². The molecule has 0 spiro atoms. The normalized spacial score (nSPS) is 41.3. The van der Waals surface area contributed by atoms with Gasteiger partial charge in [-0.15, -0.1) is 0 Å². The number of carbonyl (C=O) groups excluding carboxylic acids is 1. The molecular formula is C25H30O13. The third-order valence-electron chi connectivity index (χ3n) is 7.45. The first kappa shape index (κ1) is 26.8. The fourth-order valence-corrected chi connectivity index (χ4v) is 5.34. The number of aromatic hydroxyl groups is 1. The van der Waals surface area contributed by atoms with E-state index in [-0.39, 0.29) is 18.1 Å². The smallest absolute Gasteiger partial charge is 0.330 e. The van der Waals surface area contributed by atoms with Crippen molar-refractivity contribution in [2.75, 3.05) is 20.3 Å². The average Bonchev–Trinajstić information content (AvgIpc) is 3.61. The molecule has 13 heteroatoms. The first-order valence-electron chi connectivity index (χ1n) is 12.1. The monoisotopic (exact) mass is 538 g/mol. The Balaban J connectivity index is 1.21. The Kier molecular flexibility index (Phi) is 7.37. The number of epoxide rings is 1. The molecule has 4 aliphatic rings. The highest BCUT2D eigenvalue weighted by Gasteiger charge is 2.75. The van der Waals surface area contributed by atoms with Gasteiger partial charge in [-0.3, -0.25) is 0 Å². The van der Waals surface area contributed by atoms with Crippen LogP contribution in [0.5, 0.6) is 11.5 Å². The Bertz CT molecular complexity index is 1090. The number of hydrogen-bond donors (Lipinski definition) is 6. The van der Waals surface area contributed by atoms with Crippen molar-refractivity contribution in [1.29, 1.82) is 0 Å². The first-order valence-corrected chi connectivity index (χ1v) is 12.1. The second kappa shape index (κ2) is 10.4. The predicted molar refractivity (Wildman–Crippen MR) is 124 cm³/mol. The number of esters is 1. The summed E-state index contributed by atoms with van der Waals surface area (Å²) in [6.07, 6.45) is -4.80. The number of hydrogen-bond acceptors (Lipinski definition) is 13. The second-order valence-electron chi connectivity index (χ2n) is 9.62. The summed E-state index contributed by atoms with van der Waals surface area (Å²) in [6, 6.07) is 4.47. The fraction of sp³-hybridized carbons (Fsp3) is 0.560. The second-order valence-corrected chi connectivity index (χ2v) is 9.62. The minimum atomic E-state index is -1.70. The molecule has 1 aromatic rings. The van der Waals surface area contributed by atoms with Crippen molar-refractivity contribution in [3.8, 4) is 11.5 Å². The number of ether oxygens (including phenoxy) is 6. The van der Waals surface area contributed by atoms with Gasteiger partial charge in [0, 0.05) is 12.0 Å². The lowest BCUT2D eigenvalue weighted by atomic mass is 9.85. The van der Waals surface area contributed by atoms with E-state index < -0.39 is 79.2 Å². The Morgan fingerprint density at radius 2 is 1.89 bits per heavy atom. The van der Waals surface area contributed by atoms with Gasteiger partial charge in [-0.05, 0) is 29.8 Å². The molecule has 5 rings (SSSR count). The van der Waals surface area contributed by atoms with Crippen LogP contribution in [0, 0.1) is 11.8 Å². The number of carbonyl (C=O) groups is 1. The summed E-state index contributed by atoms with van der Waals surface area (Å²) in [5.41, 5.74) is -0.517. The molecule has 3 heterocycles. The van der Waals surface area contributed by atoms with Crippen LogP contribution in [-0.2, 0) is 28.5 Å². The fourth-order valence-electron chi connectivity index (χ4n) is 5.34. The molecule has 2 saturated heterocycles. The van der Waals surface area contributed by atoms with Gasteiger partial charge in [0.15, 0.2) is 17.8 Å². The number of methoxy groups -OCH3 is 1. The van der Waals surface area contributed by atoms with Crippen LogP contribution in [0.25, 0.3) is 6.08 Å². The standard InChI is InChI=1S/C25H30O13/c1-33-14-8-11(2-4-13(14)27)3-5-16(28)35-9-15-19(30)20(31)21(32)24(36-15)37-23-17-12(6-7-34-23)18(29)22-25(17,10-26)38-22/h2-8,12,15,17-24,26-27,29-32H,9-10H2,1H3/b5-3+/t12-,15-,17-,18+,19-,20+,21-,22+,23+,24+,25-/m1/s1. The quantitative estimate of drug-likeness (QED) is 0.126. The van der Waals surface area contributed by atoms with Gasteiger partial charge in [0.1, 0.15) is 42.7 Å². The summed E-state index contributed by atoms with van der Waals surface area (Å²) in [5.74, 6) is -1.68. The van der Waals surface area contributed by atoms with Crippen LogP contribution in [0.4, 0.5) is 0 Å². The van der Waals surface area contributed by atoms with E-state index >= 15 is 0 Å². The molecule has 0 aromatic heterocycles. The number of phenolic OH excluding ortho intramolecular Hbond substituents is 1. The van der Waals surface area contributed by atoms with E-state index in [1.54, 1.807) is 12.1 Å². The van der Waals surface area contributed by atoms with E-state index in [9.17, 15) is 35.4 Å². The molecule has 208 valence electrons. The van der Waals surface area contributed by atoms with Crippen LogP contribution in [0.2, 0.25) is 0 Å². The zero-order valence-electron chi connectivity index (χ0n) is 20.3. The average molecular weight is 539 g/mol. The number of rotatable bonds is 8. The van der Waals surface area contributed by atoms with E-state index in [1.165, 1.54) is 31.6 Å². The van der Waals surface area contributed by atoms with E-state index in [0.717, 1.165) is 6.08 Å². The van der Waals surface area contributed by atoms with Crippen LogP contribution in [-0.4, -0.2) is 112 Å². The van der Waals surface area contributed by atoms with Gasteiger partial charge in [0.25, 0.3) is 0 Å². The third kappa shape index (κ3) is 4.65. The van der Waals surface area contributed by atoms with Crippen LogP contribution in [0.3, 0.4) is 0 Å². The Labute approximate surface area is 217 Å². The lowest BCUT2D eigenvalue weighted by Gasteiger charge is -2.43. The number of benzene rings is 1. The van der Waals surface area contributed by atoms with Crippen molar-refractivity contribution < 1.29 is 63.9 Å². The Morgan fingerprint density at radius 3 is 2.63 bits per heavy atom. The molecule has 3 aliphatic heterocycles. The lowest BCUT2D eigenvalue weighted by molar-refractivity contribution is -0.344. The number of phenols is 1. The van der Waals surface area contributed by atoms with E-state index in [0.29, 0.717) is 5.56 Å². The van der Waals surface area contributed by atoms with Crippen LogP contribution < -0.4 is 4.74 Å². The number of fused-ring (bicyclic) bond motifs is 3. The molecule has 0 radical (unpaired) electrons. The van der Waals surface area contributed by atoms with E-state index in [2.05, 4.69) is 0 Å². The minimum absolute atomic E-state index is 0.0570. The summed E-state index contributed by atoms with van der Waals surface area (Å²) in [6.45, 7) is -0.861. The van der Waals surface area contributed by atoms with Crippen LogP contribution in [0.15, 0.2) is 36.6 Å². The Hall–Kier alpha value is -2.75. The number of aliphatic hydroxyl groups is 5. The van der Waals surface area contributed by atoms with Crippen molar-refractivity contribution in [2.24, 2.45) is 11.8 Å². The molecule has 11 atom stereocenters. The molecule has 38 heavy (non-hydrogen) atoms. The van der Waals surface area contributed by atoms with Gasteiger partial charge >= 0.3 is 5.97 Å². The lowest BCUT2D eigenvalue weighted by Crippen LogP contribution is -2.60. The SMILES string of the molecule is COc1cc(/C=C/C(=O)OC[C@H]2O[C@@H](O[C@@H]3OC=C[C@H]4[C@H](O)[C@@H]5O[C@]5(CO)[C@@H]34)[C@H](O)[C@@H](O)[C@@H]2O)ccc1O. The molecule has 1 aromatic carbocycles. The van der Waals surface area contributed by atoms with Crippen molar-refractivity contribution in [2.45, 2.75) is 54.8 Å². The highest BCUT2D eigenvalue weighted by atomic mass is 16.8. The maximum absolute atomic E-state index is 12.2. The molecule has 0 bridgehead atoms. The molecular weight excluding hydrogens is 508 g/mol. The van der Waals surface area contributed by atoms with Gasteiger partial charge in [-0.2, -0.15) is 0 Å². The van der Waals surface area contributed by atoms with Gasteiger partial charge in [0.05, 0.1) is 32.0 Å². The molecule has 6 N–H and O–H groups in total. The maximum atomic E-state index is 12.2. The minimum Gasteiger partial charge on any atom is -0.504 e. The zero-order valence-corrected chi connectivity index (χ0v) is 20.3. The van der Waals surface area contributed by atoms with Gasteiger partial charge in [-0.25, -0.2) is 4.79 Å². The van der Waals surface area contributed by atoms with Crippen molar-refractivity contribution in [3.63, 3.8) is 0 Å². The van der Waals surface area contributed by atoms with E-state index in [4.69, 9.17) is 28.4 Å². The summed E-state index contributed by atoms with van der Waals surface area (Å²) >= 11 is 0. The van der Waals surface area contributed by atoms with Crippen molar-refractivity contribution in [1.82, 2.24) is 0 Å². The molecule has 3 fully saturated rings. The van der Waals surface area contributed by atoms with Crippen molar-refractivity contribution >= 4 is 12.0 Å². The van der Waals surface area contributed by atoms with Gasteiger partial charge < -0.3 is 59.1 Å². The predicted octanol–water partition coefficient (Wildman–Crippen LogP) is -1.61. The maximum Gasteiger partial charge on any atom is 0.330 e. The molecule has 13 nitrogen and oxygen atoms in total. The Morgan fingerprint density at radius 1 is 1.11 bits per heavy atom. The van der Waals surface area contributed by atoms with E-state index in [1.807, 2.05) is 0 Å². The zero-order chi connectivity index (χ0) is 27.2. The molecule has 0 unspecified atom stereocenters. The third-order valence-corrected chi connectivity index (χ3v) is 7.45. The summed E-state index contributed by atoms with van der Waals surface area (Å²) in [4.78, 5) is 12.2. The largest absolute Gasteiger partial charge is 0.504 e. The number of aliphatic hydroxyl groups excluding tert-OH is 5. The summed E-state index contributed by atoms with van der Waals surface area (Å²) < 4.78 is 32.7. The van der Waals surface area contributed by atoms with Gasteiger partial charge in [0.2, 0.25) is 6.29 Å². The van der Waals surface area contributed by atoms with Gasteiger partial charge in [-0.1, -0.05) is 6.07 Å². The summed E-state index contributed by atoms with van der Waals surface area (Å²) in [5, 5.41) is 61.3. The molecule has 1 saturated carbocycles.